The summed E-state index contributed by atoms with van der Waals surface area (Å²) >= 11 is 1.76. The van der Waals surface area contributed by atoms with Crippen LogP contribution in [-0.4, -0.2) is 71.9 Å². The molecule has 7 heteroatoms. The molecule has 0 radical (unpaired) electrons. The zero-order chi connectivity index (χ0) is 23.4. The summed E-state index contributed by atoms with van der Waals surface area (Å²) in [5, 5.41) is 12.6. The van der Waals surface area contributed by atoms with Crippen molar-refractivity contribution in [1.29, 1.82) is 0 Å². The molecule has 33 heavy (non-hydrogen) atoms. The quantitative estimate of drug-likeness (QED) is 0.539. The normalized spacial score (nSPS) is 19.1. The van der Waals surface area contributed by atoms with Crippen molar-refractivity contribution >= 4 is 17.2 Å². The van der Waals surface area contributed by atoms with E-state index in [2.05, 4.69) is 16.3 Å². The molecule has 1 aliphatic heterocycles. The standard InChI is InChI=1S/C26H36N2O4S/c1-18(2)31-16-21(29)14-27(20-7-8-20)15-26(30)28-11-9-25-23(10-12-33-25)24(28)17-32-22-6-4-5-19(3)13-22/h4-6,10,12-13,18,20-21,24,29H,7-9,11,14-17H2,1-3H3/t21-,24+/m0/s1. The molecule has 1 fully saturated rings. The Morgan fingerprint density at radius 3 is 2.85 bits per heavy atom. The molecular formula is C26H36N2O4S. The number of carbonyl (C=O) groups is 1. The Hall–Kier alpha value is -1.93. The van der Waals surface area contributed by atoms with Gasteiger partial charge in [0, 0.05) is 24.0 Å². The first-order chi connectivity index (χ1) is 15.9. The zero-order valence-electron chi connectivity index (χ0n) is 19.9. The molecule has 0 unspecified atom stereocenters. The molecule has 2 aliphatic rings. The van der Waals surface area contributed by atoms with Gasteiger partial charge >= 0.3 is 0 Å². The highest BCUT2D eigenvalue weighted by Crippen LogP contribution is 2.35. The Bertz CT molecular complexity index is 927. The lowest BCUT2D eigenvalue weighted by Crippen LogP contribution is -2.48. The monoisotopic (exact) mass is 472 g/mol. The van der Waals surface area contributed by atoms with Crippen LogP contribution in [0.2, 0.25) is 0 Å². The molecule has 1 amide bonds. The molecule has 0 bridgehead atoms. The summed E-state index contributed by atoms with van der Waals surface area (Å²) in [4.78, 5) is 19.0. The van der Waals surface area contributed by atoms with Gasteiger partial charge in [0.05, 0.1) is 31.4 Å². The van der Waals surface area contributed by atoms with Crippen LogP contribution in [0.15, 0.2) is 35.7 Å². The maximum atomic E-state index is 13.5. The SMILES string of the molecule is Cc1cccc(OC[C@@H]2c3ccsc3CCN2C(=O)CN(C[C@H](O)COC(C)C)C2CC2)c1. The van der Waals surface area contributed by atoms with Crippen molar-refractivity contribution < 1.29 is 19.4 Å². The Kier molecular flexibility index (Phi) is 8.07. The smallest absolute Gasteiger partial charge is 0.237 e. The molecule has 1 N–H and O–H groups in total. The van der Waals surface area contributed by atoms with Gasteiger partial charge in [0.2, 0.25) is 5.91 Å². The summed E-state index contributed by atoms with van der Waals surface area (Å²) < 4.78 is 11.7. The van der Waals surface area contributed by atoms with Gasteiger partial charge in [-0.15, -0.1) is 11.3 Å². The topological polar surface area (TPSA) is 62.2 Å². The Balaban J connectivity index is 1.42. The number of fused-ring (bicyclic) bond motifs is 1. The van der Waals surface area contributed by atoms with Gasteiger partial charge in [-0.05, 0) is 74.7 Å². The van der Waals surface area contributed by atoms with E-state index >= 15 is 0 Å². The van der Waals surface area contributed by atoms with Crippen molar-refractivity contribution in [3.8, 4) is 5.75 Å². The van der Waals surface area contributed by atoms with Crippen molar-refractivity contribution in [2.75, 3.05) is 32.8 Å². The fraction of sp³-hybridized carbons (Fsp3) is 0.577. The minimum atomic E-state index is -0.592. The number of aliphatic hydroxyl groups excluding tert-OH is 1. The number of nitrogens with zero attached hydrogens (tertiary/aromatic N) is 2. The fourth-order valence-electron chi connectivity index (χ4n) is 4.43. The molecule has 180 valence electrons. The summed E-state index contributed by atoms with van der Waals surface area (Å²) in [6.07, 6.45) is 2.54. The molecule has 0 saturated heterocycles. The van der Waals surface area contributed by atoms with Crippen LogP contribution in [0.1, 0.15) is 48.7 Å². The van der Waals surface area contributed by atoms with E-state index in [4.69, 9.17) is 9.47 Å². The first-order valence-electron chi connectivity index (χ1n) is 12.0. The van der Waals surface area contributed by atoms with Gasteiger partial charge in [0.25, 0.3) is 0 Å². The van der Waals surface area contributed by atoms with E-state index in [9.17, 15) is 9.90 Å². The molecule has 0 spiro atoms. The second kappa shape index (κ2) is 11.0. The average molecular weight is 473 g/mol. The number of aryl methyl sites for hydroxylation is 1. The summed E-state index contributed by atoms with van der Waals surface area (Å²) in [6.45, 7) is 8.19. The molecule has 6 nitrogen and oxygen atoms in total. The van der Waals surface area contributed by atoms with Crippen LogP contribution >= 0.6 is 11.3 Å². The molecule has 2 aromatic rings. The second-order valence-electron chi connectivity index (χ2n) is 9.48. The minimum Gasteiger partial charge on any atom is -0.491 e. The van der Waals surface area contributed by atoms with E-state index in [-0.39, 0.29) is 18.1 Å². The number of hydrogen-bond acceptors (Lipinski definition) is 6. The number of hydrogen-bond donors (Lipinski definition) is 1. The van der Waals surface area contributed by atoms with E-state index < -0.39 is 6.10 Å². The number of rotatable bonds is 11. The van der Waals surface area contributed by atoms with Gasteiger partial charge in [-0.2, -0.15) is 0 Å². The van der Waals surface area contributed by atoms with Gasteiger partial charge in [0.15, 0.2) is 0 Å². The predicted octanol–water partition coefficient (Wildman–Crippen LogP) is 3.81. The van der Waals surface area contributed by atoms with E-state index in [1.165, 1.54) is 10.4 Å². The fourth-order valence-corrected chi connectivity index (χ4v) is 5.36. The summed E-state index contributed by atoms with van der Waals surface area (Å²) in [7, 11) is 0. The van der Waals surface area contributed by atoms with Gasteiger partial charge in [-0.3, -0.25) is 9.69 Å². The molecule has 1 aliphatic carbocycles. The number of benzene rings is 1. The molecular weight excluding hydrogens is 436 g/mol. The van der Waals surface area contributed by atoms with Gasteiger partial charge in [-0.25, -0.2) is 0 Å². The van der Waals surface area contributed by atoms with E-state index in [1.807, 2.05) is 49.9 Å². The average Bonchev–Trinajstić information content (AvgIpc) is 3.52. The molecule has 2 heterocycles. The number of thiophene rings is 1. The summed E-state index contributed by atoms with van der Waals surface area (Å²) in [5.41, 5.74) is 2.36. The van der Waals surface area contributed by atoms with E-state index in [0.717, 1.165) is 30.6 Å². The number of aliphatic hydroxyl groups is 1. The van der Waals surface area contributed by atoms with E-state index in [1.54, 1.807) is 11.3 Å². The number of ether oxygens (including phenoxy) is 2. The Morgan fingerprint density at radius 2 is 2.12 bits per heavy atom. The van der Waals surface area contributed by atoms with Crippen molar-refractivity contribution in [2.45, 2.75) is 64.3 Å². The zero-order valence-corrected chi connectivity index (χ0v) is 20.7. The first kappa shape index (κ1) is 24.2. The summed E-state index contributed by atoms with van der Waals surface area (Å²) in [5.74, 6) is 0.936. The maximum absolute atomic E-state index is 13.5. The second-order valence-corrected chi connectivity index (χ2v) is 10.5. The third kappa shape index (κ3) is 6.57. The summed E-state index contributed by atoms with van der Waals surface area (Å²) in [6, 6.07) is 10.5. The van der Waals surface area contributed by atoms with E-state index in [0.29, 0.717) is 38.9 Å². The highest BCUT2D eigenvalue weighted by molar-refractivity contribution is 7.10. The molecule has 2 atom stereocenters. The van der Waals surface area contributed by atoms with Crippen LogP contribution in [0.5, 0.6) is 5.75 Å². The van der Waals surface area contributed by atoms with Crippen molar-refractivity contribution in [2.24, 2.45) is 0 Å². The van der Waals surface area contributed by atoms with Crippen LogP contribution in [-0.2, 0) is 16.0 Å². The molecule has 1 aromatic heterocycles. The van der Waals surface area contributed by atoms with Gasteiger partial charge < -0.3 is 19.5 Å². The van der Waals surface area contributed by atoms with Gasteiger partial charge in [-0.1, -0.05) is 12.1 Å². The van der Waals surface area contributed by atoms with Crippen LogP contribution in [0.4, 0.5) is 0 Å². The number of carbonyl (C=O) groups excluding carboxylic acids is 1. The van der Waals surface area contributed by atoms with Crippen LogP contribution < -0.4 is 4.74 Å². The number of amides is 1. The molecule has 1 saturated carbocycles. The van der Waals surface area contributed by atoms with Crippen LogP contribution in [0.3, 0.4) is 0 Å². The van der Waals surface area contributed by atoms with Crippen LogP contribution in [0.25, 0.3) is 0 Å². The largest absolute Gasteiger partial charge is 0.491 e. The third-order valence-electron chi connectivity index (χ3n) is 6.28. The lowest BCUT2D eigenvalue weighted by atomic mass is 10.0. The lowest BCUT2D eigenvalue weighted by molar-refractivity contribution is -0.136. The van der Waals surface area contributed by atoms with Crippen molar-refractivity contribution in [3.63, 3.8) is 0 Å². The molecule has 1 aromatic carbocycles. The minimum absolute atomic E-state index is 0.0815. The predicted molar refractivity (Wildman–Crippen MR) is 131 cm³/mol. The third-order valence-corrected chi connectivity index (χ3v) is 7.28. The van der Waals surface area contributed by atoms with Crippen LogP contribution in [0, 0.1) is 6.92 Å². The van der Waals surface area contributed by atoms with Crippen molar-refractivity contribution in [1.82, 2.24) is 9.80 Å². The Labute approximate surface area is 201 Å². The van der Waals surface area contributed by atoms with Gasteiger partial charge in [0.1, 0.15) is 12.4 Å². The van der Waals surface area contributed by atoms with Crippen molar-refractivity contribution in [3.05, 3.63) is 51.7 Å². The highest BCUT2D eigenvalue weighted by Gasteiger charge is 2.36. The Morgan fingerprint density at radius 1 is 1.30 bits per heavy atom. The highest BCUT2D eigenvalue weighted by atomic mass is 32.1. The first-order valence-corrected chi connectivity index (χ1v) is 12.9. The lowest BCUT2D eigenvalue weighted by Gasteiger charge is -2.37. The maximum Gasteiger partial charge on any atom is 0.237 e. The molecule has 4 rings (SSSR count).